The summed E-state index contributed by atoms with van der Waals surface area (Å²) in [4.78, 5) is 4.38. The minimum absolute atomic E-state index is 0.0538. The van der Waals surface area contributed by atoms with E-state index in [0.717, 1.165) is 24.8 Å². The molecular formula is C18H31N3O3. The molecule has 136 valence electrons. The van der Waals surface area contributed by atoms with Crippen LogP contribution in [-0.4, -0.2) is 38.4 Å². The molecule has 0 aliphatic rings. The van der Waals surface area contributed by atoms with Crippen LogP contribution in [-0.2, 0) is 6.54 Å². The molecule has 0 unspecified atom stereocenters. The number of guanidine groups is 1. The van der Waals surface area contributed by atoms with Crippen LogP contribution in [0.4, 0.5) is 0 Å². The molecule has 4 N–H and O–H groups in total. The molecule has 1 aromatic rings. The van der Waals surface area contributed by atoms with Crippen molar-refractivity contribution < 1.29 is 14.6 Å². The van der Waals surface area contributed by atoms with E-state index in [1.165, 1.54) is 0 Å². The number of benzene rings is 1. The number of rotatable bonds is 10. The van der Waals surface area contributed by atoms with Crippen LogP contribution in [0.15, 0.2) is 23.2 Å². The summed E-state index contributed by atoms with van der Waals surface area (Å²) in [5, 5.41) is 12.5. The summed E-state index contributed by atoms with van der Waals surface area (Å²) in [5.41, 5.74) is 7.03. The Bertz CT molecular complexity index is 528. The zero-order valence-corrected chi connectivity index (χ0v) is 15.3. The fourth-order valence-corrected chi connectivity index (χ4v) is 2.67. The Labute approximate surface area is 145 Å². The maximum Gasteiger partial charge on any atom is 0.188 e. The van der Waals surface area contributed by atoms with E-state index in [0.29, 0.717) is 30.5 Å². The first-order chi connectivity index (χ1) is 11.5. The lowest BCUT2D eigenvalue weighted by molar-refractivity contribution is 0.170. The molecule has 0 saturated heterocycles. The molecule has 0 bridgehead atoms. The van der Waals surface area contributed by atoms with E-state index in [9.17, 15) is 5.11 Å². The first-order valence-electron chi connectivity index (χ1n) is 8.39. The molecular weight excluding hydrogens is 306 g/mol. The Balaban J connectivity index is 2.67. The molecule has 0 aliphatic heterocycles. The fraction of sp³-hybridized carbons (Fsp3) is 0.611. The van der Waals surface area contributed by atoms with Crippen LogP contribution >= 0.6 is 0 Å². The SMILES string of the molecule is CCC(CC)(CCO)CNC(N)=NCc1ccc(OC)c(OC)c1. The lowest BCUT2D eigenvalue weighted by atomic mass is 9.79. The van der Waals surface area contributed by atoms with Gasteiger partial charge < -0.3 is 25.6 Å². The van der Waals surface area contributed by atoms with E-state index in [1.54, 1.807) is 14.2 Å². The predicted octanol–water partition coefficient (Wildman–Crippen LogP) is 2.30. The van der Waals surface area contributed by atoms with E-state index in [1.807, 2.05) is 18.2 Å². The highest BCUT2D eigenvalue weighted by Crippen LogP contribution is 2.29. The lowest BCUT2D eigenvalue weighted by Gasteiger charge is -2.31. The van der Waals surface area contributed by atoms with Gasteiger partial charge in [0.1, 0.15) is 0 Å². The summed E-state index contributed by atoms with van der Waals surface area (Å²) >= 11 is 0. The van der Waals surface area contributed by atoms with E-state index in [-0.39, 0.29) is 12.0 Å². The topological polar surface area (TPSA) is 89.1 Å². The molecule has 0 atom stereocenters. The average Bonchev–Trinajstić information content (AvgIpc) is 2.63. The maximum absolute atomic E-state index is 9.26. The standard InChI is InChI=1S/C18H31N3O3/c1-5-18(6-2,9-10-22)13-21-17(19)20-12-14-7-8-15(23-3)16(11-14)24-4/h7-8,11,22H,5-6,9-10,12-13H2,1-4H3,(H3,19,20,21). The van der Waals surface area contributed by atoms with Crippen molar-refractivity contribution in [3.05, 3.63) is 23.8 Å². The number of ether oxygens (including phenoxy) is 2. The van der Waals surface area contributed by atoms with Gasteiger partial charge >= 0.3 is 0 Å². The van der Waals surface area contributed by atoms with Gasteiger partial charge in [0.05, 0.1) is 20.8 Å². The number of nitrogens with one attached hydrogen (secondary N) is 1. The summed E-state index contributed by atoms with van der Waals surface area (Å²) in [6.07, 6.45) is 2.73. The van der Waals surface area contributed by atoms with Crippen molar-refractivity contribution in [2.45, 2.75) is 39.7 Å². The van der Waals surface area contributed by atoms with Crippen LogP contribution in [0.2, 0.25) is 0 Å². The van der Waals surface area contributed by atoms with Crippen LogP contribution in [0, 0.1) is 5.41 Å². The van der Waals surface area contributed by atoms with Crippen LogP contribution in [0.1, 0.15) is 38.7 Å². The van der Waals surface area contributed by atoms with Gasteiger partial charge in [-0.25, -0.2) is 4.99 Å². The van der Waals surface area contributed by atoms with E-state index >= 15 is 0 Å². The molecule has 1 rings (SSSR count). The minimum Gasteiger partial charge on any atom is -0.493 e. The Hall–Kier alpha value is -1.95. The highest BCUT2D eigenvalue weighted by Gasteiger charge is 2.25. The number of nitrogens with zero attached hydrogens (tertiary/aromatic N) is 1. The molecule has 0 aromatic heterocycles. The number of aliphatic imine (C=N–C) groups is 1. The van der Waals surface area contributed by atoms with Gasteiger partial charge in [0, 0.05) is 13.2 Å². The average molecular weight is 337 g/mol. The van der Waals surface area contributed by atoms with Gasteiger partial charge in [-0.2, -0.15) is 0 Å². The largest absolute Gasteiger partial charge is 0.493 e. The number of hydrogen-bond donors (Lipinski definition) is 3. The summed E-state index contributed by atoms with van der Waals surface area (Å²) in [6, 6.07) is 5.68. The molecule has 0 saturated carbocycles. The zero-order chi connectivity index (χ0) is 18.0. The second kappa shape index (κ2) is 10.0. The summed E-state index contributed by atoms with van der Waals surface area (Å²) in [6.45, 7) is 5.63. The molecule has 0 aliphatic carbocycles. The third-order valence-electron chi connectivity index (χ3n) is 4.67. The first kappa shape index (κ1) is 20.1. The third-order valence-corrected chi connectivity index (χ3v) is 4.67. The Morgan fingerprint density at radius 3 is 2.42 bits per heavy atom. The molecule has 24 heavy (non-hydrogen) atoms. The number of nitrogens with two attached hydrogens (primary N) is 1. The van der Waals surface area contributed by atoms with Crippen molar-refractivity contribution in [2.75, 3.05) is 27.4 Å². The molecule has 6 nitrogen and oxygen atoms in total. The fourth-order valence-electron chi connectivity index (χ4n) is 2.67. The van der Waals surface area contributed by atoms with Crippen molar-refractivity contribution in [1.82, 2.24) is 5.32 Å². The van der Waals surface area contributed by atoms with Crippen molar-refractivity contribution in [2.24, 2.45) is 16.1 Å². The normalized spacial score (nSPS) is 12.1. The maximum atomic E-state index is 9.26. The summed E-state index contributed by atoms with van der Waals surface area (Å²) in [5.74, 6) is 1.78. The van der Waals surface area contributed by atoms with Gasteiger partial charge in [0.25, 0.3) is 0 Å². The summed E-state index contributed by atoms with van der Waals surface area (Å²) in [7, 11) is 3.22. The van der Waals surface area contributed by atoms with Crippen molar-refractivity contribution in [1.29, 1.82) is 0 Å². The smallest absolute Gasteiger partial charge is 0.188 e. The second-order valence-electron chi connectivity index (χ2n) is 5.93. The van der Waals surface area contributed by atoms with E-state index in [2.05, 4.69) is 24.2 Å². The Morgan fingerprint density at radius 2 is 1.88 bits per heavy atom. The Morgan fingerprint density at radius 1 is 1.21 bits per heavy atom. The quantitative estimate of drug-likeness (QED) is 0.450. The molecule has 0 fully saturated rings. The minimum atomic E-state index is 0.0538. The zero-order valence-electron chi connectivity index (χ0n) is 15.3. The number of hydrogen-bond acceptors (Lipinski definition) is 4. The summed E-state index contributed by atoms with van der Waals surface area (Å²) < 4.78 is 10.5. The van der Waals surface area contributed by atoms with Gasteiger partial charge in [0.15, 0.2) is 17.5 Å². The van der Waals surface area contributed by atoms with Gasteiger partial charge in [-0.05, 0) is 42.4 Å². The number of aliphatic hydroxyl groups is 1. The van der Waals surface area contributed by atoms with E-state index in [4.69, 9.17) is 15.2 Å². The second-order valence-corrected chi connectivity index (χ2v) is 5.93. The third kappa shape index (κ3) is 5.60. The van der Waals surface area contributed by atoms with E-state index < -0.39 is 0 Å². The molecule has 0 spiro atoms. The highest BCUT2D eigenvalue weighted by molar-refractivity contribution is 5.77. The predicted molar refractivity (Wildman–Crippen MR) is 97.6 cm³/mol. The number of aliphatic hydroxyl groups excluding tert-OH is 1. The Kier molecular flexibility index (Phi) is 8.40. The van der Waals surface area contributed by atoms with Crippen molar-refractivity contribution >= 4 is 5.96 Å². The van der Waals surface area contributed by atoms with Crippen LogP contribution in [0.25, 0.3) is 0 Å². The molecule has 6 heteroatoms. The van der Waals surface area contributed by atoms with Gasteiger partial charge in [-0.15, -0.1) is 0 Å². The first-order valence-corrected chi connectivity index (χ1v) is 8.39. The molecule has 1 aromatic carbocycles. The highest BCUT2D eigenvalue weighted by atomic mass is 16.5. The van der Waals surface area contributed by atoms with Crippen molar-refractivity contribution in [3.8, 4) is 11.5 Å². The number of methoxy groups -OCH3 is 2. The molecule has 0 radical (unpaired) electrons. The van der Waals surface area contributed by atoms with Gasteiger partial charge in [-0.3, -0.25) is 0 Å². The van der Waals surface area contributed by atoms with Gasteiger partial charge in [0.2, 0.25) is 0 Å². The van der Waals surface area contributed by atoms with Crippen LogP contribution in [0.5, 0.6) is 11.5 Å². The van der Waals surface area contributed by atoms with Gasteiger partial charge in [-0.1, -0.05) is 19.9 Å². The monoisotopic (exact) mass is 337 g/mol. The molecule has 0 heterocycles. The van der Waals surface area contributed by atoms with Crippen LogP contribution in [0.3, 0.4) is 0 Å². The lowest BCUT2D eigenvalue weighted by Crippen LogP contribution is -2.41. The van der Waals surface area contributed by atoms with Crippen molar-refractivity contribution in [3.63, 3.8) is 0 Å². The van der Waals surface area contributed by atoms with Crippen LogP contribution < -0.4 is 20.5 Å². The molecule has 0 amide bonds.